The minimum Gasteiger partial charge on any atom is -0.494 e. The Kier molecular flexibility index (Phi) is 7.13. The van der Waals surface area contributed by atoms with Gasteiger partial charge in [0.15, 0.2) is 11.5 Å². The van der Waals surface area contributed by atoms with E-state index in [0.29, 0.717) is 17.9 Å². The Morgan fingerprint density at radius 3 is 2.41 bits per heavy atom. The minimum absolute atomic E-state index is 0.220. The summed E-state index contributed by atoms with van der Waals surface area (Å²) in [6, 6.07) is 11.9. The lowest BCUT2D eigenvalue weighted by atomic mass is 10.2. The van der Waals surface area contributed by atoms with E-state index < -0.39 is 10.9 Å². The minimum atomic E-state index is -0.573. The summed E-state index contributed by atoms with van der Waals surface area (Å²) in [5.41, 5.74) is 1.37. The van der Waals surface area contributed by atoms with Gasteiger partial charge in [0.2, 0.25) is 6.20 Å². The van der Waals surface area contributed by atoms with E-state index in [-0.39, 0.29) is 5.75 Å². The first-order chi connectivity index (χ1) is 13.0. The van der Waals surface area contributed by atoms with Crippen LogP contribution in [0.25, 0.3) is 12.2 Å². The Labute approximate surface area is 156 Å². The first kappa shape index (κ1) is 19.7. The van der Waals surface area contributed by atoms with Gasteiger partial charge in [-0.15, -0.1) is 0 Å². The van der Waals surface area contributed by atoms with Crippen molar-refractivity contribution in [3.63, 3.8) is 0 Å². The van der Waals surface area contributed by atoms with Crippen LogP contribution >= 0.6 is 0 Å². The molecule has 0 aliphatic heterocycles. The molecule has 0 aromatic heterocycles. The van der Waals surface area contributed by atoms with Crippen molar-refractivity contribution in [3.8, 4) is 17.2 Å². The van der Waals surface area contributed by atoms with Gasteiger partial charge in [-0.05, 0) is 48.4 Å². The SMILES string of the molecule is CCOc1ccc(C=CC(=O)Oc2ccc(C=C[N+](=O)[O-])cc2OC)cc1. The van der Waals surface area contributed by atoms with Crippen LogP contribution in [0.1, 0.15) is 18.1 Å². The molecule has 0 saturated heterocycles. The topological polar surface area (TPSA) is 87.9 Å². The number of carbonyl (C=O) groups excluding carboxylic acids is 1. The fourth-order valence-electron chi connectivity index (χ4n) is 2.17. The Bertz CT molecular complexity index is 855. The van der Waals surface area contributed by atoms with Gasteiger partial charge in [-0.3, -0.25) is 10.1 Å². The fraction of sp³-hybridized carbons (Fsp3) is 0.150. The maximum Gasteiger partial charge on any atom is 0.336 e. The highest BCUT2D eigenvalue weighted by atomic mass is 16.6. The first-order valence-corrected chi connectivity index (χ1v) is 8.14. The van der Waals surface area contributed by atoms with E-state index in [0.717, 1.165) is 17.5 Å². The predicted molar refractivity (Wildman–Crippen MR) is 101 cm³/mol. The van der Waals surface area contributed by atoms with Crippen molar-refractivity contribution in [1.29, 1.82) is 0 Å². The van der Waals surface area contributed by atoms with Crippen molar-refractivity contribution in [3.05, 3.63) is 76.0 Å². The van der Waals surface area contributed by atoms with E-state index >= 15 is 0 Å². The first-order valence-electron chi connectivity index (χ1n) is 8.14. The maximum atomic E-state index is 12.0. The highest BCUT2D eigenvalue weighted by molar-refractivity contribution is 5.89. The van der Waals surface area contributed by atoms with Gasteiger partial charge < -0.3 is 14.2 Å². The second-order valence-electron chi connectivity index (χ2n) is 5.27. The summed E-state index contributed by atoms with van der Waals surface area (Å²) < 4.78 is 15.8. The largest absolute Gasteiger partial charge is 0.494 e. The van der Waals surface area contributed by atoms with Crippen LogP contribution < -0.4 is 14.2 Å². The molecule has 2 rings (SSSR count). The van der Waals surface area contributed by atoms with Crippen molar-refractivity contribution < 1.29 is 23.9 Å². The third kappa shape index (κ3) is 6.32. The number of nitrogens with zero attached hydrogens (tertiary/aromatic N) is 1. The third-order valence-corrected chi connectivity index (χ3v) is 3.39. The van der Waals surface area contributed by atoms with Crippen molar-refractivity contribution in [2.75, 3.05) is 13.7 Å². The molecule has 0 unspecified atom stereocenters. The second kappa shape index (κ2) is 9.76. The smallest absolute Gasteiger partial charge is 0.336 e. The quantitative estimate of drug-likeness (QED) is 0.230. The number of benzene rings is 2. The molecule has 0 aliphatic carbocycles. The van der Waals surface area contributed by atoms with Gasteiger partial charge in [0, 0.05) is 12.2 Å². The number of carbonyl (C=O) groups is 1. The normalized spacial score (nSPS) is 10.9. The molecule has 27 heavy (non-hydrogen) atoms. The number of hydrogen-bond donors (Lipinski definition) is 0. The molecule has 0 bridgehead atoms. The highest BCUT2D eigenvalue weighted by Crippen LogP contribution is 2.28. The summed E-state index contributed by atoms with van der Waals surface area (Å²) in [4.78, 5) is 21.9. The summed E-state index contributed by atoms with van der Waals surface area (Å²) in [6.07, 6.45) is 5.06. The molecule has 0 atom stereocenters. The maximum absolute atomic E-state index is 12.0. The summed E-state index contributed by atoms with van der Waals surface area (Å²) in [5.74, 6) is 0.698. The molecule has 0 saturated carbocycles. The number of nitro groups is 1. The fourth-order valence-corrected chi connectivity index (χ4v) is 2.17. The second-order valence-corrected chi connectivity index (χ2v) is 5.27. The predicted octanol–water partition coefficient (Wildman–Crippen LogP) is 3.96. The number of hydrogen-bond acceptors (Lipinski definition) is 6. The van der Waals surface area contributed by atoms with Gasteiger partial charge in [0.1, 0.15) is 5.75 Å². The van der Waals surface area contributed by atoms with Gasteiger partial charge >= 0.3 is 5.97 Å². The van der Waals surface area contributed by atoms with E-state index in [9.17, 15) is 14.9 Å². The molecule has 0 amide bonds. The van der Waals surface area contributed by atoms with Gasteiger partial charge in [0.05, 0.1) is 18.6 Å². The summed E-state index contributed by atoms with van der Waals surface area (Å²) in [5, 5.41) is 10.4. The van der Waals surface area contributed by atoms with Crippen LogP contribution in [-0.2, 0) is 4.79 Å². The van der Waals surface area contributed by atoms with Crippen LogP contribution in [0.4, 0.5) is 0 Å². The van der Waals surface area contributed by atoms with Crippen molar-refractivity contribution in [2.45, 2.75) is 6.92 Å². The molecule has 2 aromatic carbocycles. The molecule has 0 fully saturated rings. The van der Waals surface area contributed by atoms with E-state index in [2.05, 4.69) is 0 Å². The van der Waals surface area contributed by atoms with Crippen LogP contribution in [0.15, 0.2) is 54.7 Å². The average Bonchev–Trinajstić information content (AvgIpc) is 2.66. The molecule has 7 heteroatoms. The van der Waals surface area contributed by atoms with Gasteiger partial charge in [0.25, 0.3) is 0 Å². The summed E-state index contributed by atoms with van der Waals surface area (Å²) in [6.45, 7) is 2.49. The Balaban J connectivity index is 2.04. The number of ether oxygens (including phenoxy) is 3. The molecular formula is C20H19NO6. The number of rotatable bonds is 8. The third-order valence-electron chi connectivity index (χ3n) is 3.39. The summed E-state index contributed by atoms with van der Waals surface area (Å²) in [7, 11) is 1.42. The molecule has 0 spiro atoms. The lowest BCUT2D eigenvalue weighted by Crippen LogP contribution is -2.05. The van der Waals surface area contributed by atoms with Gasteiger partial charge in [-0.25, -0.2) is 4.79 Å². The van der Waals surface area contributed by atoms with Crippen molar-refractivity contribution in [1.82, 2.24) is 0 Å². The van der Waals surface area contributed by atoms with Gasteiger partial charge in [-0.2, -0.15) is 0 Å². The Morgan fingerprint density at radius 2 is 1.78 bits per heavy atom. The zero-order chi connectivity index (χ0) is 19.6. The van der Waals surface area contributed by atoms with Crippen molar-refractivity contribution in [2.24, 2.45) is 0 Å². The van der Waals surface area contributed by atoms with Crippen LogP contribution in [0.5, 0.6) is 17.2 Å². The van der Waals surface area contributed by atoms with Crippen molar-refractivity contribution >= 4 is 18.1 Å². The average molecular weight is 369 g/mol. The molecule has 0 heterocycles. The molecular weight excluding hydrogens is 350 g/mol. The zero-order valence-electron chi connectivity index (χ0n) is 15.0. The molecule has 0 N–H and O–H groups in total. The lowest BCUT2D eigenvalue weighted by Gasteiger charge is -2.08. The highest BCUT2D eigenvalue weighted by Gasteiger charge is 2.09. The monoisotopic (exact) mass is 369 g/mol. The van der Waals surface area contributed by atoms with E-state index in [1.165, 1.54) is 25.3 Å². The molecule has 0 aliphatic rings. The standard InChI is InChI=1S/C20H19NO6/c1-3-26-17-8-4-15(5-9-17)7-11-20(22)27-18-10-6-16(12-13-21(23)24)14-19(18)25-2/h4-14H,3H2,1-2H3. The van der Waals surface area contributed by atoms with Gasteiger partial charge in [-0.1, -0.05) is 18.2 Å². The number of methoxy groups -OCH3 is 1. The Hall–Kier alpha value is -3.61. The van der Waals surface area contributed by atoms with E-state index in [1.807, 2.05) is 31.2 Å². The van der Waals surface area contributed by atoms with Crippen LogP contribution in [0.3, 0.4) is 0 Å². The molecule has 2 aromatic rings. The lowest BCUT2D eigenvalue weighted by molar-refractivity contribution is -0.400. The Morgan fingerprint density at radius 1 is 1.07 bits per heavy atom. The summed E-state index contributed by atoms with van der Waals surface area (Å²) >= 11 is 0. The van der Waals surface area contributed by atoms with Crippen LogP contribution in [-0.4, -0.2) is 24.6 Å². The number of esters is 1. The molecule has 140 valence electrons. The van der Waals surface area contributed by atoms with Crippen LogP contribution in [0.2, 0.25) is 0 Å². The molecule has 0 radical (unpaired) electrons. The van der Waals surface area contributed by atoms with E-state index in [4.69, 9.17) is 14.2 Å². The zero-order valence-corrected chi connectivity index (χ0v) is 15.0. The van der Waals surface area contributed by atoms with E-state index in [1.54, 1.807) is 18.2 Å². The van der Waals surface area contributed by atoms with Crippen LogP contribution in [0, 0.1) is 10.1 Å². The molecule has 7 nitrogen and oxygen atoms in total.